The van der Waals surface area contributed by atoms with Crippen LogP contribution < -0.4 is 0 Å². The summed E-state index contributed by atoms with van der Waals surface area (Å²) in [6.07, 6.45) is 1.42. The molecule has 1 aromatic heterocycles. The molecular formula is C12H7NO5. The van der Waals surface area contributed by atoms with Crippen LogP contribution >= 0.6 is 0 Å². The highest BCUT2D eigenvalue weighted by Gasteiger charge is 2.13. The first-order valence-corrected chi connectivity index (χ1v) is 4.94. The lowest BCUT2D eigenvalue weighted by atomic mass is 10.1. The average Bonchev–Trinajstić information content (AvgIpc) is 2.87. The van der Waals surface area contributed by atoms with E-state index in [-0.39, 0.29) is 17.7 Å². The normalized spacial score (nSPS) is 10.0. The minimum absolute atomic E-state index is 0.0584. The quantitative estimate of drug-likeness (QED) is 0.271. The molecule has 1 heterocycles. The van der Waals surface area contributed by atoms with Gasteiger partial charge < -0.3 is 4.42 Å². The summed E-state index contributed by atoms with van der Waals surface area (Å²) >= 11 is 0. The maximum Gasteiger partial charge on any atom is 0.270 e. The molecule has 0 saturated carbocycles. The predicted molar refractivity (Wildman–Crippen MR) is 61.2 cm³/mol. The zero-order chi connectivity index (χ0) is 13.1. The Balaban J connectivity index is 2.40. The van der Waals surface area contributed by atoms with Crippen molar-refractivity contribution < 1.29 is 18.9 Å². The van der Waals surface area contributed by atoms with Crippen LogP contribution in [-0.4, -0.2) is 17.0 Å². The second-order valence-electron chi connectivity index (χ2n) is 3.49. The number of aldehydes is 1. The third-order valence-corrected chi connectivity index (χ3v) is 2.34. The molecule has 0 unspecified atom stereocenters. The maximum atomic E-state index is 11.1. The summed E-state index contributed by atoms with van der Waals surface area (Å²) in [4.78, 5) is 31.5. The monoisotopic (exact) mass is 245 g/mol. The van der Waals surface area contributed by atoms with Crippen molar-refractivity contribution in [2.75, 3.05) is 0 Å². The van der Waals surface area contributed by atoms with Crippen molar-refractivity contribution in [3.05, 3.63) is 52.5 Å². The number of rotatable bonds is 4. The van der Waals surface area contributed by atoms with Gasteiger partial charge in [-0.2, -0.15) is 0 Å². The molecule has 0 spiro atoms. The van der Waals surface area contributed by atoms with E-state index in [0.717, 1.165) is 0 Å². The number of ketones is 1. The van der Waals surface area contributed by atoms with Crippen molar-refractivity contribution in [1.82, 2.24) is 0 Å². The molecule has 0 amide bonds. The molecule has 0 aliphatic heterocycles. The molecule has 0 fully saturated rings. The number of benzene rings is 1. The van der Waals surface area contributed by atoms with Gasteiger partial charge in [-0.1, -0.05) is 12.1 Å². The first kappa shape index (κ1) is 11.7. The second-order valence-corrected chi connectivity index (χ2v) is 3.49. The van der Waals surface area contributed by atoms with Gasteiger partial charge in [-0.25, -0.2) is 0 Å². The first-order chi connectivity index (χ1) is 8.61. The lowest BCUT2D eigenvalue weighted by Crippen LogP contribution is -1.96. The highest BCUT2D eigenvalue weighted by molar-refractivity contribution is 6.32. The summed E-state index contributed by atoms with van der Waals surface area (Å²) in [5.41, 5.74) is 0.985. The van der Waals surface area contributed by atoms with Gasteiger partial charge >= 0.3 is 0 Å². The number of furan rings is 1. The molecule has 2 rings (SSSR count). The molecule has 0 saturated heterocycles. The SMILES string of the molecule is O=CC(=O)c1cc(-c2cccc([N+](=O)[O-])c2)co1. The fraction of sp³-hybridized carbons (Fsp3) is 0. The molecule has 90 valence electrons. The van der Waals surface area contributed by atoms with Crippen molar-refractivity contribution >= 4 is 17.8 Å². The summed E-state index contributed by atoms with van der Waals surface area (Å²) < 4.78 is 4.92. The number of nitrogens with zero attached hydrogens (tertiary/aromatic N) is 1. The third kappa shape index (κ3) is 2.17. The first-order valence-electron chi connectivity index (χ1n) is 4.94. The summed E-state index contributed by atoms with van der Waals surface area (Å²) in [5, 5.41) is 10.6. The van der Waals surface area contributed by atoms with Gasteiger partial charge in [0.15, 0.2) is 12.0 Å². The van der Waals surface area contributed by atoms with Gasteiger partial charge in [-0.15, -0.1) is 0 Å². The van der Waals surface area contributed by atoms with Crippen molar-refractivity contribution in [1.29, 1.82) is 0 Å². The lowest BCUT2D eigenvalue weighted by molar-refractivity contribution is -0.384. The minimum atomic E-state index is -0.772. The van der Waals surface area contributed by atoms with E-state index in [1.165, 1.54) is 30.5 Å². The summed E-state index contributed by atoms with van der Waals surface area (Å²) in [7, 11) is 0. The van der Waals surface area contributed by atoms with E-state index < -0.39 is 10.7 Å². The van der Waals surface area contributed by atoms with Gasteiger partial charge in [0.05, 0.1) is 11.2 Å². The van der Waals surface area contributed by atoms with Crippen LogP contribution in [0.3, 0.4) is 0 Å². The van der Waals surface area contributed by atoms with E-state index in [9.17, 15) is 19.7 Å². The number of hydrogen-bond acceptors (Lipinski definition) is 5. The number of hydrogen-bond donors (Lipinski definition) is 0. The van der Waals surface area contributed by atoms with E-state index >= 15 is 0 Å². The van der Waals surface area contributed by atoms with E-state index in [1.54, 1.807) is 6.07 Å². The number of non-ortho nitro benzene ring substituents is 1. The Labute approximate surface area is 101 Å². The molecule has 0 aliphatic carbocycles. The van der Waals surface area contributed by atoms with Crippen molar-refractivity contribution in [2.24, 2.45) is 0 Å². The highest BCUT2D eigenvalue weighted by atomic mass is 16.6. The Morgan fingerprint density at radius 3 is 2.72 bits per heavy atom. The van der Waals surface area contributed by atoms with E-state index in [1.807, 2.05) is 0 Å². The van der Waals surface area contributed by atoms with Gasteiger partial charge in [-0.3, -0.25) is 19.7 Å². The van der Waals surface area contributed by atoms with Crippen LogP contribution in [0.5, 0.6) is 0 Å². The minimum Gasteiger partial charge on any atom is -0.460 e. The predicted octanol–water partition coefficient (Wildman–Crippen LogP) is 2.24. The van der Waals surface area contributed by atoms with Crippen LogP contribution in [-0.2, 0) is 4.79 Å². The standard InChI is InChI=1S/C12H7NO5/c14-6-11(15)12-5-9(7-18-12)8-2-1-3-10(4-8)13(16)17/h1-7H. The molecule has 1 aromatic carbocycles. The Hall–Kier alpha value is -2.76. The molecule has 2 aromatic rings. The van der Waals surface area contributed by atoms with Crippen LogP contribution in [0.25, 0.3) is 11.1 Å². The molecule has 18 heavy (non-hydrogen) atoms. The Morgan fingerprint density at radius 1 is 1.28 bits per heavy atom. The molecule has 6 heteroatoms. The fourth-order valence-corrected chi connectivity index (χ4v) is 1.47. The zero-order valence-electron chi connectivity index (χ0n) is 9.03. The Morgan fingerprint density at radius 2 is 2.06 bits per heavy atom. The number of nitro groups is 1. The maximum absolute atomic E-state index is 11.1. The topological polar surface area (TPSA) is 90.4 Å². The molecule has 0 atom stereocenters. The zero-order valence-corrected chi connectivity index (χ0v) is 9.03. The average molecular weight is 245 g/mol. The molecule has 0 bridgehead atoms. The number of Topliss-reactive ketones (excluding diaryl/α,β-unsaturated/α-hetero) is 1. The van der Waals surface area contributed by atoms with E-state index in [2.05, 4.69) is 0 Å². The van der Waals surface area contributed by atoms with Crippen molar-refractivity contribution in [3.63, 3.8) is 0 Å². The number of carbonyl (C=O) groups excluding carboxylic acids is 2. The summed E-state index contributed by atoms with van der Waals surface area (Å²) in [6.45, 7) is 0. The highest BCUT2D eigenvalue weighted by Crippen LogP contribution is 2.25. The van der Waals surface area contributed by atoms with Gasteiger partial charge in [0.1, 0.15) is 0 Å². The molecule has 0 aliphatic rings. The smallest absolute Gasteiger partial charge is 0.270 e. The summed E-state index contributed by atoms with van der Waals surface area (Å²) in [5.74, 6) is -0.863. The van der Waals surface area contributed by atoms with Crippen LogP contribution in [0.2, 0.25) is 0 Å². The lowest BCUT2D eigenvalue weighted by Gasteiger charge is -1.96. The van der Waals surface area contributed by atoms with Crippen LogP contribution in [0.1, 0.15) is 10.6 Å². The largest absolute Gasteiger partial charge is 0.460 e. The van der Waals surface area contributed by atoms with E-state index in [0.29, 0.717) is 11.1 Å². The van der Waals surface area contributed by atoms with Gasteiger partial charge in [-0.05, 0) is 11.6 Å². The Kier molecular flexibility index (Phi) is 3.01. The van der Waals surface area contributed by atoms with Crippen LogP contribution in [0.15, 0.2) is 41.0 Å². The molecule has 0 N–H and O–H groups in total. The number of carbonyl (C=O) groups is 2. The van der Waals surface area contributed by atoms with Gasteiger partial charge in [0, 0.05) is 17.7 Å². The number of nitro benzene ring substituents is 1. The van der Waals surface area contributed by atoms with Crippen LogP contribution in [0, 0.1) is 10.1 Å². The Bertz CT molecular complexity index is 629. The van der Waals surface area contributed by atoms with Gasteiger partial charge in [0.25, 0.3) is 11.5 Å². The second kappa shape index (κ2) is 4.62. The van der Waals surface area contributed by atoms with Gasteiger partial charge in [0.2, 0.25) is 0 Å². The third-order valence-electron chi connectivity index (χ3n) is 2.34. The molecule has 6 nitrogen and oxygen atoms in total. The van der Waals surface area contributed by atoms with Crippen molar-refractivity contribution in [3.8, 4) is 11.1 Å². The fourth-order valence-electron chi connectivity index (χ4n) is 1.47. The van der Waals surface area contributed by atoms with Crippen LogP contribution in [0.4, 0.5) is 5.69 Å². The molecule has 0 radical (unpaired) electrons. The summed E-state index contributed by atoms with van der Waals surface area (Å²) in [6, 6.07) is 7.27. The van der Waals surface area contributed by atoms with E-state index in [4.69, 9.17) is 4.42 Å². The molecular weight excluding hydrogens is 238 g/mol. The van der Waals surface area contributed by atoms with Crippen molar-refractivity contribution in [2.45, 2.75) is 0 Å².